The highest BCUT2D eigenvalue weighted by Gasteiger charge is 2.25. The molecule has 0 bridgehead atoms. The molecule has 2 atom stereocenters. The Kier molecular flexibility index (Phi) is 8.05. The van der Waals surface area contributed by atoms with E-state index in [9.17, 15) is 9.90 Å². The Morgan fingerprint density at radius 1 is 1.00 bits per heavy atom. The largest absolute Gasteiger partial charge is 0.508 e. The monoisotopic (exact) mass is 535 g/mol. The zero-order valence-electron chi connectivity index (χ0n) is 22.9. The van der Waals surface area contributed by atoms with Crippen molar-refractivity contribution in [1.29, 1.82) is 0 Å². The number of phenolic OH excluding ortho intramolecular Hbond substituents is 1. The minimum Gasteiger partial charge on any atom is -0.508 e. The van der Waals surface area contributed by atoms with Crippen LogP contribution in [0.5, 0.6) is 5.75 Å². The van der Waals surface area contributed by atoms with Gasteiger partial charge in [0.1, 0.15) is 11.8 Å². The SMILES string of the molecule is Cc1cc(O)cc(C)c1C[C@H](C)C(=O)N[C@@H](Cc1cnc[nH]1)c1nc(Cc2ccc(-c3ccccc3)cc2)no1. The standard InChI is InChI=1S/C32H33N5O3/c1-20-13-27(38)14-21(2)28(20)15-22(3)31(39)35-29(17-26-18-33-19-34-26)32-36-30(37-40-32)16-23-9-11-25(12-10-23)24-7-5-4-6-8-24/h4-14,18-19,22,29,38H,15-17H2,1-3H3,(H,33,34)(H,35,39)/t22-,29-/m0/s1. The van der Waals surface area contributed by atoms with E-state index in [4.69, 9.17) is 4.52 Å². The lowest BCUT2D eigenvalue weighted by Crippen LogP contribution is -2.35. The molecule has 5 rings (SSSR count). The first kappa shape index (κ1) is 26.9. The predicted octanol–water partition coefficient (Wildman–Crippen LogP) is 5.65. The van der Waals surface area contributed by atoms with Gasteiger partial charge in [-0.15, -0.1) is 0 Å². The van der Waals surface area contributed by atoms with Crippen molar-refractivity contribution in [2.45, 2.75) is 46.1 Å². The highest BCUT2D eigenvalue weighted by Crippen LogP contribution is 2.25. The van der Waals surface area contributed by atoms with E-state index < -0.39 is 6.04 Å². The van der Waals surface area contributed by atoms with E-state index >= 15 is 0 Å². The zero-order chi connectivity index (χ0) is 28.1. The first-order valence-electron chi connectivity index (χ1n) is 13.4. The number of aromatic amines is 1. The number of aromatic hydroxyl groups is 1. The van der Waals surface area contributed by atoms with Crippen LogP contribution in [0.25, 0.3) is 11.1 Å². The Bertz CT molecular complexity index is 1540. The van der Waals surface area contributed by atoms with Crippen molar-refractivity contribution in [3.8, 4) is 16.9 Å². The van der Waals surface area contributed by atoms with Crippen LogP contribution in [-0.4, -0.2) is 31.1 Å². The number of nitrogens with zero attached hydrogens (tertiary/aromatic N) is 3. The average molecular weight is 536 g/mol. The smallest absolute Gasteiger partial charge is 0.249 e. The van der Waals surface area contributed by atoms with Gasteiger partial charge in [0, 0.05) is 30.7 Å². The summed E-state index contributed by atoms with van der Waals surface area (Å²) in [7, 11) is 0. The van der Waals surface area contributed by atoms with Gasteiger partial charge in [0.05, 0.1) is 6.33 Å². The van der Waals surface area contributed by atoms with Crippen LogP contribution in [0, 0.1) is 19.8 Å². The molecule has 0 aliphatic rings. The Morgan fingerprint density at radius 3 is 2.38 bits per heavy atom. The molecule has 5 aromatic rings. The molecule has 0 aliphatic heterocycles. The summed E-state index contributed by atoms with van der Waals surface area (Å²) in [6, 6.07) is 21.5. The summed E-state index contributed by atoms with van der Waals surface area (Å²) >= 11 is 0. The second-order valence-electron chi connectivity index (χ2n) is 10.3. The third-order valence-corrected chi connectivity index (χ3v) is 7.14. The molecule has 8 nitrogen and oxygen atoms in total. The number of aryl methyl sites for hydroxylation is 2. The van der Waals surface area contributed by atoms with Crippen molar-refractivity contribution >= 4 is 5.91 Å². The van der Waals surface area contributed by atoms with Crippen molar-refractivity contribution in [3.05, 3.63) is 119 Å². The van der Waals surface area contributed by atoms with Gasteiger partial charge < -0.3 is 19.9 Å². The van der Waals surface area contributed by atoms with E-state index in [1.54, 1.807) is 24.7 Å². The fourth-order valence-electron chi connectivity index (χ4n) is 4.93. The van der Waals surface area contributed by atoms with Crippen LogP contribution in [0.2, 0.25) is 0 Å². The first-order valence-corrected chi connectivity index (χ1v) is 13.4. The number of amides is 1. The van der Waals surface area contributed by atoms with Crippen LogP contribution in [0.15, 0.2) is 83.8 Å². The van der Waals surface area contributed by atoms with Crippen molar-refractivity contribution in [2.24, 2.45) is 5.92 Å². The highest BCUT2D eigenvalue weighted by molar-refractivity contribution is 5.79. The average Bonchev–Trinajstić information content (AvgIpc) is 3.63. The lowest BCUT2D eigenvalue weighted by atomic mass is 9.92. The number of H-pyrrole nitrogens is 1. The van der Waals surface area contributed by atoms with Crippen LogP contribution in [0.4, 0.5) is 0 Å². The molecular formula is C32H33N5O3. The van der Waals surface area contributed by atoms with Crippen molar-refractivity contribution in [2.75, 3.05) is 0 Å². The van der Waals surface area contributed by atoms with Gasteiger partial charge >= 0.3 is 0 Å². The molecule has 0 unspecified atom stereocenters. The van der Waals surface area contributed by atoms with Crippen LogP contribution in [0.3, 0.4) is 0 Å². The summed E-state index contributed by atoms with van der Waals surface area (Å²) in [6.45, 7) is 5.79. The van der Waals surface area contributed by atoms with Crippen LogP contribution in [-0.2, 0) is 24.1 Å². The van der Waals surface area contributed by atoms with E-state index in [2.05, 4.69) is 61.8 Å². The molecule has 0 spiro atoms. The predicted molar refractivity (Wildman–Crippen MR) is 153 cm³/mol. The van der Waals surface area contributed by atoms with Crippen molar-refractivity contribution < 1.29 is 14.4 Å². The van der Waals surface area contributed by atoms with Crippen LogP contribution in [0.1, 0.15) is 52.6 Å². The van der Waals surface area contributed by atoms with Gasteiger partial charge in [0.2, 0.25) is 11.8 Å². The summed E-state index contributed by atoms with van der Waals surface area (Å²) in [4.78, 5) is 25.2. The molecular weight excluding hydrogens is 502 g/mol. The zero-order valence-corrected chi connectivity index (χ0v) is 22.9. The number of imidazole rings is 1. The fourth-order valence-corrected chi connectivity index (χ4v) is 4.93. The molecule has 204 valence electrons. The molecule has 0 fully saturated rings. The maximum Gasteiger partial charge on any atom is 0.249 e. The second-order valence-corrected chi connectivity index (χ2v) is 10.3. The Labute approximate surface area is 233 Å². The molecule has 2 heterocycles. The summed E-state index contributed by atoms with van der Waals surface area (Å²) in [5.74, 6) is 0.706. The van der Waals surface area contributed by atoms with E-state index in [-0.39, 0.29) is 17.6 Å². The number of nitrogens with one attached hydrogen (secondary N) is 2. The topological polar surface area (TPSA) is 117 Å². The fraction of sp³-hybridized carbons (Fsp3) is 0.250. The molecule has 0 saturated carbocycles. The normalized spacial score (nSPS) is 12.7. The van der Waals surface area contributed by atoms with Gasteiger partial charge in [-0.3, -0.25) is 4.79 Å². The molecule has 0 saturated heterocycles. The quantitative estimate of drug-likeness (QED) is 0.213. The van der Waals surface area contributed by atoms with Gasteiger partial charge in [0.25, 0.3) is 0 Å². The van der Waals surface area contributed by atoms with Crippen molar-refractivity contribution in [1.82, 2.24) is 25.4 Å². The third kappa shape index (κ3) is 6.46. The molecule has 40 heavy (non-hydrogen) atoms. The highest BCUT2D eigenvalue weighted by atomic mass is 16.5. The molecule has 0 radical (unpaired) electrons. The molecule has 2 aromatic heterocycles. The number of carbonyl (C=O) groups excluding carboxylic acids is 1. The van der Waals surface area contributed by atoms with Gasteiger partial charge in [0.15, 0.2) is 5.82 Å². The van der Waals surface area contributed by atoms with Crippen LogP contribution >= 0.6 is 0 Å². The lowest BCUT2D eigenvalue weighted by molar-refractivity contribution is -0.125. The lowest BCUT2D eigenvalue weighted by Gasteiger charge is -2.19. The summed E-state index contributed by atoms with van der Waals surface area (Å²) in [6.07, 6.45) is 4.82. The summed E-state index contributed by atoms with van der Waals surface area (Å²) < 4.78 is 5.65. The maximum atomic E-state index is 13.3. The van der Waals surface area contributed by atoms with Gasteiger partial charge in [-0.1, -0.05) is 66.7 Å². The molecule has 1 amide bonds. The number of aromatic nitrogens is 4. The minimum atomic E-state index is -0.515. The molecule has 3 aromatic carbocycles. The number of benzene rings is 3. The second kappa shape index (κ2) is 12.0. The van der Waals surface area contributed by atoms with E-state index in [1.165, 1.54) is 5.56 Å². The molecule has 8 heteroatoms. The first-order chi connectivity index (χ1) is 19.4. The Balaban J connectivity index is 1.29. The number of carbonyl (C=O) groups is 1. The van der Waals surface area contributed by atoms with E-state index in [1.807, 2.05) is 39.0 Å². The third-order valence-electron chi connectivity index (χ3n) is 7.14. The maximum absolute atomic E-state index is 13.3. The van der Waals surface area contributed by atoms with Gasteiger partial charge in [-0.05, 0) is 65.8 Å². The number of rotatable bonds is 10. The van der Waals surface area contributed by atoms with Crippen LogP contribution < -0.4 is 5.32 Å². The molecule has 0 aliphatic carbocycles. The number of phenols is 1. The van der Waals surface area contributed by atoms with Gasteiger partial charge in [-0.2, -0.15) is 4.98 Å². The number of hydrogen-bond acceptors (Lipinski definition) is 6. The Morgan fingerprint density at radius 2 is 1.70 bits per heavy atom. The van der Waals surface area contributed by atoms with E-state index in [0.717, 1.165) is 33.5 Å². The van der Waals surface area contributed by atoms with E-state index in [0.29, 0.717) is 31.0 Å². The summed E-state index contributed by atoms with van der Waals surface area (Å²) in [5, 5.41) is 17.2. The minimum absolute atomic E-state index is 0.118. The Hall–Kier alpha value is -4.72. The number of hydrogen-bond donors (Lipinski definition) is 3. The molecule has 3 N–H and O–H groups in total. The van der Waals surface area contributed by atoms with Gasteiger partial charge in [-0.25, -0.2) is 4.98 Å². The summed E-state index contributed by atoms with van der Waals surface area (Å²) in [5.41, 5.74) is 7.21. The van der Waals surface area contributed by atoms with Crippen molar-refractivity contribution in [3.63, 3.8) is 0 Å².